The van der Waals surface area contributed by atoms with Crippen molar-refractivity contribution in [2.45, 2.75) is 32.4 Å². The summed E-state index contributed by atoms with van der Waals surface area (Å²) in [6.45, 7) is 6.23. The van der Waals surface area contributed by atoms with Gasteiger partial charge < -0.3 is 24.4 Å². The molecule has 0 saturated carbocycles. The number of hydrogen-bond donors (Lipinski definition) is 1. The van der Waals surface area contributed by atoms with Crippen LogP contribution in [0.5, 0.6) is 0 Å². The van der Waals surface area contributed by atoms with Crippen molar-refractivity contribution in [2.24, 2.45) is 0 Å². The molecule has 0 aliphatic carbocycles. The lowest BCUT2D eigenvalue weighted by molar-refractivity contribution is 0.108. The molecule has 2 aliphatic heterocycles. The molecule has 150 valence electrons. The Kier molecular flexibility index (Phi) is 5.47. The summed E-state index contributed by atoms with van der Waals surface area (Å²) in [5, 5.41) is 2.96. The highest BCUT2D eigenvalue weighted by atomic mass is 16.5. The first-order chi connectivity index (χ1) is 13.7. The molecule has 0 spiro atoms. The van der Waals surface area contributed by atoms with E-state index in [1.54, 1.807) is 9.47 Å². The Morgan fingerprint density at radius 1 is 1.25 bits per heavy atom. The number of piperazine rings is 1. The van der Waals surface area contributed by atoms with Gasteiger partial charge in [0, 0.05) is 45.9 Å². The minimum Gasteiger partial charge on any atom is -0.376 e. The first kappa shape index (κ1) is 18.7. The quantitative estimate of drug-likeness (QED) is 0.861. The Morgan fingerprint density at radius 3 is 2.75 bits per heavy atom. The van der Waals surface area contributed by atoms with E-state index in [1.165, 1.54) is 0 Å². The zero-order chi connectivity index (χ0) is 19.5. The average molecular weight is 385 g/mol. The van der Waals surface area contributed by atoms with Crippen LogP contribution >= 0.6 is 0 Å². The van der Waals surface area contributed by atoms with Crippen LogP contribution in [0, 0.1) is 0 Å². The third-order valence-corrected chi connectivity index (χ3v) is 5.52. The predicted molar refractivity (Wildman–Crippen MR) is 108 cm³/mol. The van der Waals surface area contributed by atoms with Crippen LogP contribution in [0.3, 0.4) is 0 Å². The normalized spacial score (nSPS) is 20.0. The zero-order valence-corrected chi connectivity index (χ0v) is 16.3. The van der Waals surface area contributed by atoms with Crippen LogP contribution in [0.1, 0.15) is 19.8 Å². The third kappa shape index (κ3) is 3.69. The van der Waals surface area contributed by atoms with Gasteiger partial charge in [-0.25, -0.2) is 9.78 Å². The molecule has 0 radical (unpaired) electrons. The molecule has 1 aromatic carbocycles. The summed E-state index contributed by atoms with van der Waals surface area (Å²) in [5.74, 6) is 0.472. The van der Waals surface area contributed by atoms with Gasteiger partial charge in [-0.3, -0.25) is 4.79 Å². The van der Waals surface area contributed by atoms with Crippen LogP contribution in [-0.4, -0.2) is 65.9 Å². The number of para-hydroxylation sites is 2. The number of nitrogens with one attached hydrogen (secondary N) is 1. The summed E-state index contributed by atoms with van der Waals surface area (Å²) in [5.41, 5.74) is 1.60. The van der Waals surface area contributed by atoms with Gasteiger partial charge in [0.1, 0.15) is 0 Å². The molecule has 1 aromatic heterocycles. The van der Waals surface area contributed by atoms with Crippen molar-refractivity contribution < 1.29 is 9.53 Å². The van der Waals surface area contributed by atoms with Gasteiger partial charge in [0.15, 0.2) is 5.82 Å². The van der Waals surface area contributed by atoms with E-state index in [0.717, 1.165) is 30.5 Å². The number of rotatable bonds is 4. The van der Waals surface area contributed by atoms with Gasteiger partial charge >= 0.3 is 6.03 Å². The molecule has 1 unspecified atom stereocenters. The molecule has 2 saturated heterocycles. The number of carbonyl (C=O) groups excluding carboxylic acids is 1. The minimum absolute atomic E-state index is 0.0624. The summed E-state index contributed by atoms with van der Waals surface area (Å²) in [6.07, 6.45) is 2.21. The lowest BCUT2D eigenvalue weighted by Gasteiger charge is -2.35. The van der Waals surface area contributed by atoms with Gasteiger partial charge in [0.05, 0.1) is 17.1 Å². The van der Waals surface area contributed by atoms with E-state index < -0.39 is 0 Å². The van der Waals surface area contributed by atoms with Gasteiger partial charge in [-0.05, 0) is 31.9 Å². The number of aryl methyl sites for hydroxylation is 1. The van der Waals surface area contributed by atoms with E-state index in [0.29, 0.717) is 45.1 Å². The van der Waals surface area contributed by atoms with Crippen molar-refractivity contribution in [3.8, 4) is 0 Å². The van der Waals surface area contributed by atoms with Crippen LogP contribution in [-0.2, 0) is 11.3 Å². The molecule has 0 bridgehead atoms. The van der Waals surface area contributed by atoms with Crippen LogP contribution in [0.2, 0.25) is 0 Å². The van der Waals surface area contributed by atoms with Gasteiger partial charge in [0.2, 0.25) is 0 Å². The van der Waals surface area contributed by atoms with E-state index in [2.05, 4.69) is 10.3 Å². The van der Waals surface area contributed by atoms with E-state index >= 15 is 0 Å². The molecule has 3 heterocycles. The molecular weight excluding hydrogens is 358 g/mol. The first-order valence-corrected chi connectivity index (χ1v) is 10.1. The minimum atomic E-state index is -0.0718. The summed E-state index contributed by atoms with van der Waals surface area (Å²) in [4.78, 5) is 33.7. The number of fused-ring (bicyclic) bond motifs is 1. The lowest BCUT2D eigenvalue weighted by atomic mass is 10.2. The molecule has 1 atom stereocenters. The Balaban J connectivity index is 1.43. The Morgan fingerprint density at radius 2 is 2.04 bits per heavy atom. The summed E-state index contributed by atoms with van der Waals surface area (Å²) < 4.78 is 7.31. The Labute approximate surface area is 164 Å². The van der Waals surface area contributed by atoms with Gasteiger partial charge in [-0.1, -0.05) is 12.1 Å². The number of ether oxygens (including phenoxy) is 1. The van der Waals surface area contributed by atoms with Gasteiger partial charge in [0.25, 0.3) is 5.56 Å². The maximum atomic E-state index is 12.9. The van der Waals surface area contributed by atoms with Crippen molar-refractivity contribution in [2.75, 3.05) is 44.2 Å². The molecular formula is C20H27N5O3. The summed E-state index contributed by atoms with van der Waals surface area (Å²) in [7, 11) is 0. The third-order valence-electron chi connectivity index (χ3n) is 5.52. The number of benzene rings is 1. The van der Waals surface area contributed by atoms with E-state index in [4.69, 9.17) is 4.74 Å². The highest BCUT2D eigenvalue weighted by molar-refractivity contribution is 5.77. The van der Waals surface area contributed by atoms with E-state index in [9.17, 15) is 9.59 Å². The van der Waals surface area contributed by atoms with Gasteiger partial charge in [-0.2, -0.15) is 0 Å². The fourth-order valence-corrected chi connectivity index (χ4v) is 3.94. The van der Waals surface area contributed by atoms with E-state index in [-0.39, 0.29) is 17.7 Å². The molecule has 8 heteroatoms. The number of nitrogens with zero attached hydrogens (tertiary/aromatic N) is 4. The predicted octanol–water partition coefficient (Wildman–Crippen LogP) is 1.43. The van der Waals surface area contributed by atoms with E-state index in [1.807, 2.05) is 36.1 Å². The molecule has 8 nitrogen and oxygen atoms in total. The molecule has 4 rings (SSSR count). The Bertz CT molecular complexity index is 898. The fourth-order valence-electron chi connectivity index (χ4n) is 3.94. The van der Waals surface area contributed by atoms with Crippen molar-refractivity contribution in [3.63, 3.8) is 0 Å². The number of hydrogen-bond acceptors (Lipinski definition) is 5. The number of aromatic nitrogens is 2. The first-order valence-electron chi connectivity index (χ1n) is 10.1. The molecule has 2 fully saturated rings. The second-order valence-corrected chi connectivity index (χ2v) is 7.27. The average Bonchev–Trinajstić information content (AvgIpc) is 3.25. The topological polar surface area (TPSA) is 79.7 Å². The largest absolute Gasteiger partial charge is 0.376 e. The van der Waals surface area contributed by atoms with Crippen LogP contribution in [0.25, 0.3) is 11.0 Å². The Hall–Kier alpha value is -2.61. The lowest BCUT2D eigenvalue weighted by Crippen LogP contribution is -2.53. The van der Waals surface area contributed by atoms with Crippen LogP contribution in [0.15, 0.2) is 29.1 Å². The fraction of sp³-hybridized carbons (Fsp3) is 0.550. The van der Waals surface area contributed by atoms with Crippen molar-refractivity contribution in [1.29, 1.82) is 0 Å². The second kappa shape index (κ2) is 8.18. The summed E-state index contributed by atoms with van der Waals surface area (Å²) in [6, 6.07) is 7.64. The van der Waals surface area contributed by atoms with Crippen LogP contribution < -0.4 is 15.8 Å². The monoisotopic (exact) mass is 385 g/mol. The second-order valence-electron chi connectivity index (χ2n) is 7.27. The highest BCUT2D eigenvalue weighted by Gasteiger charge is 2.25. The number of urea groups is 1. The van der Waals surface area contributed by atoms with Gasteiger partial charge in [-0.15, -0.1) is 0 Å². The van der Waals surface area contributed by atoms with Crippen LogP contribution in [0.4, 0.5) is 10.6 Å². The number of amides is 2. The number of anilines is 1. The maximum Gasteiger partial charge on any atom is 0.317 e. The molecule has 2 aromatic rings. The molecule has 2 aliphatic rings. The smallest absolute Gasteiger partial charge is 0.317 e. The maximum absolute atomic E-state index is 12.9. The standard InChI is InChI=1S/C20H27N5O3/c1-2-25-17-8-4-3-7-16(17)22-18(19(25)26)23-9-11-24(12-10-23)20(27)21-14-15-6-5-13-28-15/h3-4,7-8,15H,2,5-6,9-14H2,1H3,(H,21,27). The molecule has 28 heavy (non-hydrogen) atoms. The summed E-state index contributed by atoms with van der Waals surface area (Å²) >= 11 is 0. The highest BCUT2D eigenvalue weighted by Crippen LogP contribution is 2.16. The SMILES string of the molecule is CCn1c(=O)c(N2CCN(C(=O)NCC3CCCO3)CC2)nc2ccccc21. The number of carbonyl (C=O) groups is 1. The molecule has 2 amide bonds. The van der Waals surface area contributed by atoms with Crippen molar-refractivity contribution in [1.82, 2.24) is 19.8 Å². The van der Waals surface area contributed by atoms with Crippen molar-refractivity contribution in [3.05, 3.63) is 34.6 Å². The van der Waals surface area contributed by atoms with Crippen molar-refractivity contribution >= 4 is 22.9 Å². The molecule has 1 N–H and O–H groups in total. The zero-order valence-electron chi connectivity index (χ0n) is 16.3.